The molecule has 2 N–H and O–H groups in total. The van der Waals surface area contributed by atoms with Gasteiger partial charge in [-0.15, -0.1) is 0 Å². The van der Waals surface area contributed by atoms with Crippen molar-refractivity contribution in [2.24, 2.45) is 0 Å². The van der Waals surface area contributed by atoms with Crippen molar-refractivity contribution in [1.82, 2.24) is 20.4 Å². The molecule has 1 fully saturated rings. The zero-order valence-corrected chi connectivity index (χ0v) is 15.7. The summed E-state index contributed by atoms with van der Waals surface area (Å²) in [6.45, 7) is 1.19. The number of nitrogens with one attached hydrogen (secondary N) is 2. The predicted molar refractivity (Wildman–Crippen MR) is 98.8 cm³/mol. The van der Waals surface area contributed by atoms with Gasteiger partial charge in [-0.05, 0) is 50.1 Å². The second-order valence-corrected chi connectivity index (χ2v) is 6.46. The van der Waals surface area contributed by atoms with Crippen molar-refractivity contribution in [3.8, 4) is 11.5 Å². The van der Waals surface area contributed by atoms with Crippen molar-refractivity contribution in [2.75, 3.05) is 19.7 Å². The van der Waals surface area contributed by atoms with E-state index in [1.807, 2.05) is 10.9 Å². The minimum Gasteiger partial charge on any atom is -0.490 e. The van der Waals surface area contributed by atoms with Gasteiger partial charge >= 0.3 is 6.61 Å². The Morgan fingerprint density at radius 3 is 2.96 bits per heavy atom. The molecule has 1 aliphatic heterocycles. The lowest BCUT2D eigenvalue weighted by molar-refractivity contribution is -0.0514. The molecule has 9 heteroatoms. The molecule has 2 heterocycles. The molecule has 0 bridgehead atoms. The van der Waals surface area contributed by atoms with E-state index in [1.165, 1.54) is 6.07 Å². The smallest absolute Gasteiger partial charge is 0.387 e. The van der Waals surface area contributed by atoms with Crippen molar-refractivity contribution in [1.29, 1.82) is 0 Å². The molecule has 3 rings (SSSR count). The molecular formula is C19H24F2N4O3. The van der Waals surface area contributed by atoms with Gasteiger partial charge in [0.05, 0.1) is 12.6 Å². The van der Waals surface area contributed by atoms with Gasteiger partial charge in [0.25, 0.3) is 5.91 Å². The van der Waals surface area contributed by atoms with Crippen molar-refractivity contribution >= 4 is 5.91 Å². The van der Waals surface area contributed by atoms with Gasteiger partial charge < -0.3 is 20.1 Å². The standard InChI is InChI=1S/C19H24F2N4O3/c1-2-27-17-10-13(5-6-16(17)28-19(20)21)11-23-18(26)15-7-9-25(24-15)14-4-3-8-22-12-14/h5-7,9-10,14,19,22H,2-4,8,11-12H2,1H3,(H,23,26). The van der Waals surface area contributed by atoms with Crippen LogP contribution < -0.4 is 20.1 Å². The second kappa shape index (κ2) is 9.50. The molecule has 1 unspecified atom stereocenters. The van der Waals surface area contributed by atoms with Crippen LogP contribution in [0.5, 0.6) is 11.5 Å². The lowest BCUT2D eigenvalue weighted by atomic mass is 10.1. The molecule has 1 aromatic heterocycles. The number of piperidine rings is 1. The number of hydrogen-bond acceptors (Lipinski definition) is 5. The molecule has 0 saturated carbocycles. The molecule has 1 atom stereocenters. The van der Waals surface area contributed by atoms with Gasteiger partial charge in [-0.2, -0.15) is 13.9 Å². The third kappa shape index (κ3) is 5.19. The predicted octanol–water partition coefficient (Wildman–Crippen LogP) is 2.74. The first-order valence-electron chi connectivity index (χ1n) is 9.31. The molecule has 0 radical (unpaired) electrons. The first-order chi connectivity index (χ1) is 13.6. The Balaban J connectivity index is 1.61. The van der Waals surface area contributed by atoms with Gasteiger partial charge in [0, 0.05) is 19.3 Å². The number of amides is 1. The molecule has 1 aliphatic rings. The first-order valence-corrected chi connectivity index (χ1v) is 9.31. The Labute approximate surface area is 162 Å². The van der Waals surface area contributed by atoms with E-state index in [4.69, 9.17) is 4.74 Å². The van der Waals surface area contributed by atoms with Crippen LogP contribution in [0.3, 0.4) is 0 Å². The van der Waals surface area contributed by atoms with Gasteiger partial charge in [0.1, 0.15) is 5.69 Å². The largest absolute Gasteiger partial charge is 0.490 e. The molecule has 0 spiro atoms. The van der Waals surface area contributed by atoms with Crippen LogP contribution in [-0.2, 0) is 6.54 Å². The molecule has 152 valence electrons. The second-order valence-electron chi connectivity index (χ2n) is 6.46. The van der Waals surface area contributed by atoms with E-state index in [1.54, 1.807) is 25.1 Å². The summed E-state index contributed by atoms with van der Waals surface area (Å²) >= 11 is 0. The van der Waals surface area contributed by atoms with Crippen molar-refractivity contribution in [2.45, 2.75) is 39.0 Å². The lowest BCUT2D eigenvalue weighted by Crippen LogP contribution is -2.32. The fraction of sp³-hybridized carbons (Fsp3) is 0.474. The number of hydrogen-bond donors (Lipinski definition) is 2. The average molecular weight is 394 g/mol. The Hall–Kier alpha value is -2.68. The highest BCUT2D eigenvalue weighted by atomic mass is 19.3. The summed E-state index contributed by atoms with van der Waals surface area (Å²) in [5.41, 5.74) is 1.04. The Morgan fingerprint density at radius 2 is 2.25 bits per heavy atom. The maximum atomic E-state index is 12.5. The highest BCUT2D eigenvalue weighted by Gasteiger charge is 2.18. The highest BCUT2D eigenvalue weighted by Crippen LogP contribution is 2.29. The van der Waals surface area contributed by atoms with Gasteiger partial charge in [0.15, 0.2) is 11.5 Å². The Morgan fingerprint density at radius 1 is 1.39 bits per heavy atom. The van der Waals surface area contributed by atoms with E-state index in [-0.39, 0.29) is 30.0 Å². The number of benzene rings is 1. The molecule has 1 saturated heterocycles. The van der Waals surface area contributed by atoms with Crippen molar-refractivity contribution in [3.63, 3.8) is 0 Å². The van der Waals surface area contributed by atoms with E-state index in [0.29, 0.717) is 17.9 Å². The fourth-order valence-corrected chi connectivity index (χ4v) is 3.12. The Kier molecular flexibility index (Phi) is 6.80. The highest BCUT2D eigenvalue weighted by molar-refractivity contribution is 5.92. The molecule has 2 aromatic rings. The molecule has 28 heavy (non-hydrogen) atoms. The fourth-order valence-electron chi connectivity index (χ4n) is 3.12. The topological polar surface area (TPSA) is 77.4 Å². The van der Waals surface area contributed by atoms with E-state index in [2.05, 4.69) is 20.5 Å². The molecule has 1 amide bonds. The van der Waals surface area contributed by atoms with Gasteiger partial charge in [-0.25, -0.2) is 0 Å². The number of rotatable bonds is 8. The minimum absolute atomic E-state index is 0.0354. The number of alkyl halides is 2. The molecular weight excluding hydrogens is 370 g/mol. The minimum atomic E-state index is -2.93. The van der Waals surface area contributed by atoms with Crippen molar-refractivity contribution < 1.29 is 23.0 Å². The third-order valence-corrected chi connectivity index (χ3v) is 4.46. The van der Waals surface area contributed by atoms with E-state index >= 15 is 0 Å². The zero-order chi connectivity index (χ0) is 19.9. The summed E-state index contributed by atoms with van der Waals surface area (Å²) in [5, 5.41) is 10.5. The van der Waals surface area contributed by atoms with Crippen LogP contribution in [0.2, 0.25) is 0 Å². The van der Waals surface area contributed by atoms with E-state index < -0.39 is 6.61 Å². The van der Waals surface area contributed by atoms with Crippen LogP contribution >= 0.6 is 0 Å². The maximum Gasteiger partial charge on any atom is 0.387 e. The van der Waals surface area contributed by atoms with Gasteiger partial charge in [0.2, 0.25) is 0 Å². The number of carbonyl (C=O) groups is 1. The summed E-state index contributed by atoms with van der Waals surface area (Å²) in [4.78, 5) is 12.4. The lowest BCUT2D eigenvalue weighted by Gasteiger charge is -2.22. The number of halogens is 2. The quantitative estimate of drug-likeness (QED) is 0.720. The van der Waals surface area contributed by atoms with E-state index in [0.717, 1.165) is 25.9 Å². The molecule has 7 nitrogen and oxygen atoms in total. The van der Waals surface area contributed by atoms with Crippen LogP contribution in [0.15, 0.2) is 30.5 Å². The maximum absolute atomic E-state index is 12.5. The summed E-state index contributed by atoms with van der Waals surface area (Å²) in [7, 11) is 0. The SMILES string of the molecule is CCOc1cc(CNC(=O)c2ccn(C3CCCNC3)n2)ccc1OC(F)F. The zero-order valence-electron chi connectivity index (χ0n) is 15.7. The van der Waals surface area contributed by atoms with Crippen LogP contribution in [0.4, 0.5) is 8.78 Å². The average Bonchev–Trinajstić information content (AvgIpc) is 3.19. The molecule has 1 aromatic carbocycles. The van der Waals surface area contributed by atoms with Crippen LogP contribution in [0.1, 0.15) is 41.9 Å². The molecule has 0 aliphatic carbocycles. The van der Waals surface area contributed by atoms with Crippen molar-refractivity contribution in [3.05, 3.63) is 41.7 Å². The van der Waals surface area contributed by atoms with Gasteiger partial charge in [-0.1, -0.05) is 6.07 Å². The number of ether oxygens (including phenoxy) is 2. The van der Waals surface area contributed by atoms with Crippen LogP contribution in [-0.4, -0.2) is 42.0 Å². The number of nitrogens with zero attached hydrogens (tertiary/aromatic N) is 2. The summed E-state index contributed by atoms with van der Waals surface area (Å²) in [6, 6.07) is 6.53. The number of carbonyl (C=O) groups excluding carboxylic acids is 1. The van der Waals surface area contributed by atoms with Gasteiger partial charge in [-0.3, -0.25) is 9.48 Å². The monoisotopic (exact) mass is 394 g/mol. The summed E-state index contributed by atoms with van der Waals surface area (Å²) < 4.78 is 36.6. The summed E-state index contributed by atoms with van der Waals surface area (Å²) in [5.74, 6) is -0.122. The third-order valence-electron chi connectivity index (χ3n) is 4.46. The van der Waals surface area contributed by atoms with Crippen LogP contribution in [0, 0.1) is 0 Å². The first kappa shape index (κ1) is 20.1. The normalized spacial score (nSPS) is 16.8. The van der Waals surface area contributed by atoms with E-state index in [9.17, 15) is 13.6 Å². The summed E-state index contributed by atoms with van der Waals surface area (Å²) in [6.07, 6.45) is 3.93. The number of aromatic nitrogens is 2. The Bertz CT molecular complexity index is 791. The van der Waals surface area contributed by atoms with Crippen LogP contribution in [0.25, 0.3) is 0 Å².